The van der Waals surface area contributed by atoms with E-state index in [1.807, 2.05) is 0 Å². The van der Waals surface area contributed by atoms with Gasteiger partial charge in [-0.3, -0.25) is 14.9 Å². The summed E-state index contributed by atoms with van der Waals surface area (Å²) >= 11 is 3.11. The minimum atomic E-state index is -1.18. The van der Waals surface area contributed by atoms with Crippen molar-refractivity contribution in [2.45, 2.75) is 25.8 Å². The number of anilines is 1. The summed E-state index contributed by atoms with van der Waals surface area (Å²) in [6.07, 6.45) is 0.322. The Balaban J connectivity index is 2.62. The van der Waals surface area contributed by atoms with Crippen LogP contribution >= 0.6 is 15.9 Å². The minimum Gasteiger partial charge on any atom is -0.480 e. The Hall–Kier alpha value is -1.47. The first-order valence-corrected chi connectivity index (χ1v) is 6.81. The number of hydrogen-bond donors (Lipinski definition) is 3. The zero-order chi connectivity index (χ0) is 15.3. The van der Waals surface area contributed by atoms with E-state index in [9.17, 15) is 14.0 Å². The average molecular weight is 347 g/mol. The van der Waals surface area contributed by atoms with Gasteiger partial charge in [-0.25, -0.2) is 4.39 Å². The third kappa shape index (κ3) is 4.28. The summed E-state index contributed by atoms with van der Waals surface area (Å²) in [7, 11) is 0. The summed E-state index contributed by atoms with van der Waals surface area (Å²) in [5.41, 5.74) is -1.14. The van der Waals surface area contributed by atoms with Crippen LogP contribution in [0.4, 0.5) is 10.1 Å². The monoisotopic (exact) mass is 346 g/mol. The standard InChI is InChI=1S/C13H16BrFN2O3/c1-3-13(2,12(19)20)16-7-11(18)17-10-5-4-8(14)6-9(10)15/h4-6,16H,3,7H2,1-2H3,(H,17,18)(H,19,20). The van der Waals surface area contributed by atoms with Crippen molar-refractivity contribution in [2.24, 2.45) is 0 Å². The number of benzene rings is 1. The normalized spacial score (nSPS) is 13.6. The highest BCUT2D eigenvalue weighted by atomic mass is 79.9. The van der Waals surface area contributed by atoms with Crippen molar-refractivity contribution in [3.63, 3.8) is 0 Å². The van der Waals surface area contributed by atoms with E-state index in [2.05, 4.69) is 26.6 Å². The summed E-state index contributed by atoms with van der Waals surface area (Å²) in [5.74, 6) is -2.11. The zero-order valence-corrected chi connectivity index (χ0v) is 12.8. The summed E-state index contributed by atoms with van der Waals surface area (Å²) < 4.78 is 14.1. The van der Waals surface area contributed by atoms with E-state index in [1.54, 1.807) is 13.0 Å². The average Bonchev–Trinajstić information content (AvgIpc) is 2.39. The highest BCUT2D eigenvalue weighted by Gasteiger charge is 2.30. The number of nitrogens with one attached hydrogen (secondary N) is 2. The number of hydrogen-bond acceptors (Lipinski definition) is 3. The molecular formula is C13H16BrFN2O3. The molecule has 0 radical (unpaired) electrons. The molecule has 0 saturated carbocycles. The number of carboxylic acids is 1. The van der Waals surface area contributed by atoms with E-state index in [4.69, 9.17) is 5.11 Å². The number of amides is 1. The van der Waals surface area contributed by atoms with Crippen LogP contribution in [-0.2, 0) is 9.59 Å². The molecule has 0 saturated heterocycles. The fraction of sp³-hybridized carbons (Fsp3) is 0.385. The van der Waals surface area contributed by atoms with Crippen LogP contribution in [0.15, 0.2) is 22.7 Å². The van der Waals surface area contributed by atoms with Crippen LogP contribution in [0, 0.1) is 5.82 Å². The van der Waals surface area contributed by atoms with Gasteiger partial charge in [0.05, 0.1) is 12.2 Å². The Bertz CT molecular complexity index is 524. The molecule has 1 amide bonds. The molecule has 1 aromatic rings. The molecule has 0 heterocycles. The lowest BCUT2D eigenvalue weighted by atomic mass is 9.99. The fourth-order valence-corrected chi connectivity index (χ4v) is 1.75. The molecule has 110 valence electrons. The van der Waals surface area contributed by atoms with Crippen molar-refractivity contribution in [3.8, 4) is 0 Å². The molecule has 1 atom stereocenters. The van der Waals surface area contributed by atoms with Gasteiger partial charge >= 0.3 is 5.97 Å². The Morgan fingerprint density at radius 1 is 1.45 bits per heavy atom. The first-order valence-electron chi connectivity index (χ1n) is 6.02. The maximum Gasteiger partial charge on any atom is 0.323 e. The molecule has 1 aromatic carbocycles. The summed E-state index contributed by atoms with van der Waals surface area (Å²) in [4.78, 5) is 22.7. The van der Waals surface area contributed by atoms with Gasteiger partial charge in [0.15, 0.2) is 0 Å². The van der Waals surface area contributed by atoms with Crippen molar-refractivity contribution in [1.29, 1.82) is 0 Å². The zero-order valence-electron chi connectivity index (χ0n) is 11.2. The van der Waals surface area contributed by atoms with E-state index in [0.717, 1.165) is 0 Å². The van der Waals surface area contributed by atoms with Crippen LogP contribution in [0.2, 0.25) is 0 Å². The van der Waals surface area contributed by atoms with Crippen LogP contribution in [0.3, 0.4) is 0 Å². The van der Waals surface area contributed by atoms with E-state index in [1.165, 1.54) is 19.1 Å². The molecule has 0 aliphatic carbocycles. The highest BCUT2D eigenvalue weighted by molar-refractivity contribution is 9.10. The minimum absolute atomic E-state index is 0.0496. The second-order valence-electron chi connectivity index (χ2n) is 4.52. The number of carbonyl (C=O) groups is 2. The van der Waals surface area contributed by atoms with Gasteiger partial charge in [0, 0.05) is 4.47 Å². The van der Waals surface area contributed by atoms with E-state index < -0.39 is 23.2 Å². The number of rotatable bonds is 6. The number of aliphatic carboxylic acids is 1. The molecule has 20 heavy (non-hydrogen) atoms. The van der Waals surface area contributed by atoms with Gasteiger partial charge < -0.3 is 10.4 Å². The molecular weight excluding hydrogens is 331 g/mol. The number of carbonyl (C=O) groups excluding carboxylic acids is 1. The largest absolute Gasteiger partial charge is 0.480 e. The van der Waals surface area contributed by atoms with Gasteiger partial charge in [-0.2, -0.15) is 0 Å². The molecule has 0 aliphatic heterocycles. The molecule has 0 aromatic heterocycles. The Kier molecular flexibility index (Phi) is 5.64. The van der Waals surface area contributed by atoms with Crippen molar-refractivity contribution >= 4 is 33.5 Å². The third-order valence-corrected chi connectivity index (χ3v) is 3.52. The van der Waals surface area contributed by atoms with Gasteiger partial charge in [0.2, 0.25) is 5.91 Å². The van der Waals surface area contributed by atoms with Crippen LogP contribution < -0.4 is 10.6 Å². The van der Waals surface area contributed by atoms with Gasteiger partial charge in [0.1, 0.15) is 11.4 Å². The first kappa shape index (κ1) is 16.6. The van der Waals surface area contributed by atoms with Crippen molar-refractivity contribution in [1.82, 2.24) is 5.32 Å². The second-order valence-corrected chi connectivity index (χ2v) is 5.43. The molecule has 0 bridgehead atoms. The maximum absolute atomic E-state index is 13.5. The fourth-order valence-electron chi connectivity index (χ4n) is 1.41. The molecule has 5 nitrogen and oxygen atoms in total. The van der Waals surface area contributed by atoms with E-state index in [-0.39, 0.29) is 12.2 Å². The van der Waals surface area contributed by atoms with Gasteiger partial charge in [0.25, 0.3) is 0 Å². The van der Waals surface area contributed by atoms with Crippen LogP contribution in [0.1, 0.15) is 20.3 Å². The Morgan fingerprint density at radius 3 is 2.60 bits per heavy atom. The summed E-state index contributed by atoms with van der Waals surface area (Å²) in [6, 6.07) is 4.25. The molecule has 7 heteroatoms. The smallest absolute Gasteiger partial charge is 0.323 e. The lowest BCUT2D eigenvalue weighted by Crippen LogP contribution is -2.51. The quantitative estimate of drug-likeness (QED) is 0.738. The van der Waals surface area contributed by atoms with E-state index >= 15 is 0 Å². The summed E-state index contributed by atoms with van der Waals surface area (Å²) in [6.45, 7) is 2.97. The predicted octanol–water partition coefficient (Wildman–Crippen LogP) is 2.37. The maximum atomic E-state index is 13.5. The van der Waals surface area contributed by atoms with Gasteiger partial charge in [-0.1, -0.05) is 22.9 Å². The lowest BCUT2D eigenvalue weighted by molar-refractivity contribution is -0.144. The lowest BCUT2D eigenvalue weighted by Gasteiger charge is -2.24. The second kappa shape index (κ2) is 6.81. The molecule has 1 unspecified atom stereocenters. The summed E-state index contributed by atoms with van der Waals surface area (Å²) in [5, 5.41) is 14.1. The van der Waals surface area contributed by atoms with Crippen LogP contribution in [0.5, 0.6) is 0 Å². The number of carboxylic acid groups (broad SMARTS) is 1. The molecule has 0 fully saturated rings. The topological polar surface area (TPSA) is 78.4 Å². The van der Waals surface area contributed by atoms with Crippen LogP contribution in [0.25, 0.3) is 0 Å². The Labute approximate surface area is 124 Å². The Morgan fingerprint density at radius 2 is 2.10 bits per heavy atom. The number of halogens is 2. The van der Waals surface area contributed by atoms with Crippen molar-refractivity contribution in [2.75, 3.05) is 11.9 Å². The van der Waals surface area contributed by atoms with Gasteiger partial charge in [-0.15, -0.1) is 0 Å². The molecule has 1 rings (SSSR count). The predicted molar refractivity (Wildman–Crippen MR) is 77.1 cm³/mol. The first-order chi connectivity index (χ1) is 9.28. The SMILES string of the molecule is CCC(C)(NCC(=O)Nc1ccc(Br)cc1F)C(=O)O. The molecule has 0 spiro atoms. The van der Waals surface area contributed by atoms with Crippen LogP contribution in [-0.4, -0.2) is 29.1 Å². The molecule has 0 aliphatic rings. The van der Waals surface area contributed by atoms with Crippen molar-refractivity contribution in [3.05, 3.63) is 28.5 Å². The third-order valence-electron chi connectivity index (χ3n) is 3.02. The van der Waals surface area contributed by atoms with Gasteiger partial charge in [-0.05, 0) is 31.5 Å². The van der Waals surface area contributed by atoms with Crippen molar-refractivity contribution < 1.29 is 19.1 Å². The highest BCUT2D eigenvalue weighted by Crippen LogP contribution is 2.19. The molecule has 3 N–H and O–H groups in total. The van der Waals surface area contributed by atoms with E-state index in [0.29, 0.717) is 10.9 Å².